The minimum Gasteiger partial charge on any atom is -0.381 e. The Morgan fingerprint density at radius 3 is 3.03 bits per heavy atom. The van der Waals surface area contributed by atoms with Gasteiger partial charge in [0.15, 0.2) is 11.5 Å². The van der Waals surface area contributed by atoms with Crippen LogP contribution in [-0.2, 0) is 0 Å². The summed E-state index contributed by atoms with van der Waals surface area (Å²) >= 11 is 6.57. The van der Waals surface area contributed by atoms with Crippen molar-refractivity contribution in [3.63, 3.8) is 0 Å². The van der Waals surface area contributed by atoms with Crippen molar-refractivity contribution in [3.05, 3.63) is 53.2 Å². The zero-order chi connectivity index (χ0) is 21.7. The monoisotopic (exact) mass is 438 g/mol. The summed E-state index contributed by atoms with van der Waals surface area (Å²) in [4.78, 5) is 24.1. The number of hydrogen-bond acceptors (Lipinski definition) is 6. The third kappa shape index (κ3) is 3.16. The third-order valence-corrected chi connectivity index (χ3v) is 6.24. The molecule has 31 heavy (non-hydrogen) atoms. The molecule has 0 radical (unpaired) electrons. The molecule has 1 amide bonds. The van der Waals surface area contributed by atoms with E-state index in [0.717, 1.165) is 36.3 Å². The van der Waals surface area contributed by atoms with Crippen LogP contribution in [0.4, 0.5) is 11.6 Å². The maximum atomic E-state index is 13.2. The van der Waals surface area contributed by atoms with Crippen molar-refractivity contribution in [2.45, 2.75) is 38.8 Å². The van der Waals surface area contributed by atoms with Gasteiger partial charge in [0.2, 0.25) is 0 Å². The Labute approximate surface area is 183 Å². The summed E-state index contributed by atoms with van der Waals surface area (Å²) in [6.45, 7) is 5.09. The fourth-order valence-electron chi connectivity index (χ4n) is 4.39. The highest BCUT2D eigenvalue weighted by Gasteiger charge is 2.29. The molecule has 3 N–H and O–H groups in total. The van der Waals surface area contributed by atoms with Crippen LogP contribution in [0.25, 0.3) is 11.2 Å². The lowest BCUT2D eigenvalue weighted by molar-refractivity contribution is 0.0942. The summed E-state index contributed by atoms with van der Waals surface area (Å²) in [6, 6.07) is 3.70. The van der Waals surface area contributed by atoms with E-state index in [1.165, 1.54) is 4.52 Å². The molecule has 2 atom stereocenters. The molecule has 0 spiro atoms. The van der Waals surface area contributed by atoms with Crippen molar-refractivity contribution in [1.29, 1.82) is 0 Å². The predicted octanol–water partition coefficient (Wildman–Crippen LogP) is 3.09. The lowest BCUT2D eigenvalue weighted by Gasteiger charge is -2.30. The predicted molar refractivity (Wildman–Crippen MR) is 120 cm³/mol. The highest BCUT2D eigenvalue weighted by Crippen LogP contribution is 2.36. The van der Waals surface area contributed by atoms with Gasteiger partial charge in [0.25, 0.3) is 5.91 Å². The van der Waals surface area contributed by atoms with Gasteiger partial charge in [-0.25, -0.2) is 14.5 Å². The number of amides is 1. The third-order valence-electron chi connectivity index (χ3n) is 5.94. The molecule has 1 fully saturated rings. The highest BCUT2D eigenvalue weighted by atomic mass is 35.5. The van der Waals surface area contributed by atoms with E-state index < -0.39 is 0 Å². The number of anilines is 2. The van der Waals surface area contributed by atoms with Crippen molar-refractivity contribution in [1.82, 2.24) is 29.3 Å². The van der Waals surface area contributed by atoms with E-state index >= 15 is 0 Å². The molecule has 160 valence electrons. The molecule has 0 aliphatic carbocycles. The van der Waals surface area contributed by atoms with Crippen LogP contribution < -0.4 is 16.0 Å². The number of halogens is 1. The Kier molecular flexibility index (Phi) is 4.70. The lowest BCUT2D eigenvalue weighted by atomic mass is 10.1. The minimum atomic E-state index is -0.335. The first-order valence-electron chi connectivity index (χ1n) is 10.3. The zero-order valence-corrected chi connectivity index (χ0v) is 18.0. The van der Waals surface area contributed by atoms with Gasteiger partial charge in [-0.3, -0.25) is 9.20 Å². The van der Waals surface area contributed by atoms with E-state index in [-0.39, 0.29) is 23.3 Å². The molecule has 1 aliphatic heterocycles. The number of carbonyl (C=O) groups excluding carboxylic acids is 1. The number of fused-ring (bicyclic) bond motifs is 2. The minimum absolute atomic E-state index is 0.139. The van der Waals surface area contributed by atoms with Crippen molar-refractivity contribution in [2.75, 3.05) is 17.2 Å². The molecule has 4 aromatic rings. The van der Waals surface area contributed by atoms with Crippen LogP contribution in [-0.4, -0.2) is 42.5 Å². The van der Waals surface area contributed by atoms with Gasteiger partial charge in [-0.15, -0.1) is 5.10 Å². The summed E-state index contributed by atoms with van der Waals surface area (Å²) in [5.41, 5.74) is 8.47. The first-order chi connectivity index (χ1) is 15.0. The van der Waals surface area contributed by atoms with Gasteiger partial charge in [-0.1, -0.05) is 11.6 Å². The van der Waals surface area contributed by atoms with Gasteiger partial charge in [-0.05, 0) is 38.8 Å². The molecule has 1 saturated heterocycles. The number of rotatable bonds is 4. The Bertz CT molecular complexity index is 1300. The Hall–Kier alpha value is -3.33. The molecule has 0 saturated carbocycles. The van der Waals surface area contributed by atoms with Gasteiger partial charge in [0, 0.05) is 30.5 Å². The summed E-state index contributed by atoms with van der Waals surface area (Å²) in [7, 11) is 0. The van der Waals surface area contributed by atoms with Gasteiger partial charge in [-0.2, -0.15) is 0 Å². The average molecular weight is 439 g/mol. The molecular formula is C21H23ClN8O. The molecule has 5 rings (SSSR count). The van der Waals surface area contributed by atoms with Gasteiger partial charge in [0.1, 0.15) is 17.7 Å². The van der Waals surface area contributed by atoms with Crippen LogP contribution in [0.1, 0.15) is 48.7 Å². The standard InChI is InChI=1S/C21H23ClN8O/c1-12-5-3-7-28(12)21-14(9-15(22)16-10-24-11-29(16)21)13(2)26-20(31)17-18(23)27-30-8-4-6-25-19(17)30/h4,6,8-13H,3,5,7H2,1-2H3,(H2,23,27)(H,26,31)/t12-,13?/m1/s1. The Balaban J connectivity index is 1.56. The van der Waals surface area contributed by atoms with Crippen molar-refractivity contribution < 1.29 is 4.79 Å². The molecule has 10 heteroatoms. The van der Waals surface area contributed by atoms with Crippen LogP contribution in [0.3, 0.4) is 0 Å². The van der Waals surface area contributed by atoms with E-state index in [9.17, 15) is 4.79 Å². The van der Waals surface area contributed by atoms with Crippen LogP contribution in [0.15, 0.2) is 37.1 Å². The highest BCUT2D eigenvalue weighted by molar-refractivity contribution is 6.34. The van der Waals surface area contributed by atoms with Crippen molar-refractivity contribution >= 4 is 40.3 Å². The number of pyridine rings is 1. The maximum absolute atomic E-state index is 13.2. The van der Waals surface area contributed by atoms with Crippen molar-refractivity contribution in [3.8, 4) is 0 Å². The number of nitrogens with zero attached hydrogens (tertiary/aromatic N) is 6. The van der Waals surface area contributed by atoms with Gasteiger partial charge < -0.3 is 16.0 Å². The average Bonchev–Trinajstić information content (AvgIpc) is 3.45. The Morgan fingerprint density at radius 2 is 2.26 bits per heavy atom. The molecule has 1 unspecified atom stereocenters. The smallest absolute Gasteiger partial charge is 0.259 e. The fourth-order valence-corrected chi connectivity index (χ4v) is 4.65. The largest absolute Gasteiger partial charge is 0.381 e. The molecule has 5 heterocycles. The molecular weight excluding hydrogens is 416 g/mol. The van der Waals surface area contributed by atoms with Crippen LogP contribution in [0.2, 0.25) is 5.02 Å². The topological polar surface area (TPSA) is 106 Å². The molecule has 0 bridgehead atoms. The number of hydrogen-bond donors (Lipinski definition) is 2. The number of nitrogen functional groups attached to an aromatic ring is 1. The molecule has 9 nitrogen and oxygen atoms in total. The number of nitrogens with two attached hydrogens (primary N) is 1. The van der Waals surface area contributed by atoms with E-state index in [1.54, 1.807) is 31.0 Å². The summed E-state index contributed by atoms with van der Waals surface area (Å²) in [5.74, 6) is 0.807. The Morgan fingerprint density at radius 1 is 1.42 bits per heavy atom. The first-order valence-corrected chi connectivity index (χ1v) is 10.6. The lowest BCUT2D eigenvalue weighted by Crippen LogP contribution is -2.33. The van der Waals surface area contributed by atoms with Gasteiger partial charge >= 0.3 is 0 Å². The molecule has 0 aromatic carbocycles. The number of imidazole rings is 1. The van der Waals surface area contributed by atoms with Crippen LogP contribution >= 0.6 is 11.6 Å². The second kappa shape index (κ2) is 7.42. The number of carbonyl (C=O) groups is 1. The normalized spacial score (nSPS) is 17.5. The van der Waals surface area contributed by atoms with Crippen LogP contribution in [0.5, 0.6) is 0 Å². The van der Waals surface area contributed by atoms with E-state index in [1.807, 2.05) is 17.4 Å². The SMILES string of the molecule is CC(NC(=O)c1c(N)nn2cccnc12)c1cc(Cl)c2cncn2c1N1CCC[C@H]1C. The summed E-state index contributed by atoms with van der Waals surface area (Å²) in [5, 5.41) is 7.83. The summed E-state index contributed by atoms with van der Waals surface area (Å²) in [6.07, 6.45) is 9.07. The second-order valence-electron chi connectivity index (χ2n) is 7.95. The van der Waals surface area contributed by atoms with E-state index in [4.69, 9.17) is 17.3 Å². The number of aromatic nitrogens is 5. The first kappa shape index (κ1) is 19.6. The zero-order valence-electron chi connectivity index (χ0n) is 17.3. The van der Waals surface area contributed by atoms with Crippen molar-refractivity contribution in [2.24, 2.45) is 0 Å². The molecule has 1 aliphatic rings. The van der Waals surface area contributed by atoms with E-state index in [2.05, 4.69) is 32.2 Å². The fraction of sp³-hybridized carbons (Fsp3) is 0.333. The van der Waals surface area contributed by atoms with E-state index in [0.29, 0.717) is 16.7 Å². The second-order valence-corrected chi connectivity index (χ2v) is 8.36. The van der Waals surface area contributed by atoms with Crippen LogP contribution in [0, 0.1) is 0 Å². The summed E-state index contributed by atoms with van der Waals surface area (Å²) < 4.78 is 3.51. The number of nitrogens with one attached hydrogen (secondary N) is 1. The quantitative estimate of drug-likeness (QED) is 0.507. The van der Waals surface area contributed by atoms with Gasteiger partial charge in [0.05, 0.1) is 22.8 Å². The maximum Gasteiger partial charge on any atom is 0.259 e. The molecule has 4 aromatic heterocycles.